The Labute approximate surface area is 167 Å². The number of ether oxygens (including phenoxy) is 3. The van der Waals surface area contributed by atoms with Crippen molar-refractivity contribution >= 4 is 0 Å². The minimum Gasteiger partial charge on any atom is -0.381 e. The van der Waals surface area contributed by atoms with Gasteiger partial charge in [0.2, 0.25) is 0 Å². The summed E-state index contributed by atoms with van der Waals surface area (Å²) in [6, 6.07) is 0. The number of hydrogen-bond acceptors (Lipinski definition) is 3. The molecule has 3 rings (SSSR count). The minimum atomic E-state index is -5.26. The van der Waals surface area contributed by atoms with Crippen LogP contribution in [-0.4, -0.2) is 57.2 Å². The van der Waals surface area contributed by atoms with Crippen LogP contribution in [0.3, 0.4) is 0 Å². The molecule has 30 heavy (non-hydrogen) atoms. The third kappa shape index (κ3) is 3.80. The van der Waals surface area contributed by atoms with Crippen LogP contribution in [0.2, 0.25) is 0 Å². The van der Waals surface area contributed by atoms with Crippen molar-refractivity contribution in [3.63, 3.8) is 0 Å². The van der Waals surface area contributed by atoms with E-state index in [1.807, 2.05) is 0 Å². The topological polar surface area (TPSA) is 27.7 Å². The monoisotopic (exact) mass is 458 g/mol. The molecule has 3 nitrogen and oxygen atoms in total. The molecule has 0 aromatic heterocycles. The third-order valence-corrected chi connectivity index (χ3v) is 6.75. The van der Waals surface area contributed by atoms with Gasteiger partial charge in [-0.3, -0.25) is 0 Å². The zero-order chi connectivity index (χ0) is 22.4. The average Bonchev–Trinajstić information content (AvgIpc) is 2.66. The maximum absolute atomic E-state index is 14.5. The lowest BCUT2D eigenvalue weighted by Gasteiger charge is -2.62. The van der Waals surface area contributed by atoms with Crippen molar-refractivity contribution in [1.82, 2.24) is 0 Å². The molecule has 3 aliphatic heterocycles. The van der Waals surface area contributed by atoms with E-state index in [0.29, 0.717) is 0 Å². The normalized spacial score (nSPS) is 39.7. The van der Waals surface area contributed by atoms with Gasteiger partial charge >= 0.3 is 18.5 Å². The molecule has 0 N–H and O–H groups in total. The Balaban J connectivity index is 2.28. The van der Waals surface area contributed by atoms with Crippen molar-refractivity contribution in [3.05, 3.63) is 0 Å². The Hall–Kier alpha value is -0.750. The van der Waals surface area contributed by atoms with E-state index in [2.05, 4.69) is 0 Å². The molecule has 5 unspecified atom stereocenters. The van der Waals surface area contributed by atoms with Crippen molar-refractivity contribution in [2.24, 2.45) is 23.2 Å². The molecule has 0 aliphatic carbocycles. The molecule has 176 valence electrons. The van der Waals surface area contributed by atoms with Crippen molar-refractivity contribution in [1.29, 1.82) is 0 Å². The highest BCUT2D eigenvalue weighted by molar-refractivity contribution is 5.16. The van der Waals surface area contributed by atoms with E-state index >= 15 is 0 Å². The van der Waals surface area contributed by atoms with E-state index in [-0.39, 0.29) is 26.1 Å². The molecule has 0 spiro atoms. The molecule has 0 radical (unpaired) electrons. The van der Waals surface area contributed by atoms with E-state index in [1.165, 1.54) is 0 Å². The van der Waals surface area contributed by atoms with Crippen LogP contribution >= 0.6 is 0 Å². The number of halogens is 9. The van der Waals surface area contributed by atoms with E-state index in [4.69, 9.17) is 14.2 Å². The predicted octanol–water partition coefficient (Wildman–Crippen LogP) is 5.29. The second kappa shape index (κ2) is 7.99. The zero-order valence-electron chi connectivity index (χ0n) is 15.9. The lowest BCUT2D eigenvalue weighted by atomic mass is 9.52. The largest absolute Gasteiger partial charge is 0.399 e. The maximum Gasteiger partial charge on any atom is 0.399 e. The van der Waals surface area contributed by atoms with Gasteiger partial charge in [0, 0.05) is 25.7 Å². The maximum atomic E-state index is 14.5. The fourth-order valence-corrected chi connectivity index (χ4v) is 5.56. The molecule has 5 atom stereocenters. The van der Waals surface area contributed by atoms with Gasteiger partial charge in [-0.05, 0) is 32.1 Å². The van der Waals surface area contributed by atoms with Gasteiger partial charge in [0.05, 0.1) is 30.7 Å². The Bertz CT molecular complexity index is 595. The second-order valence-electron chi connectivity index (χ2n) is 8.23. The molecule has 3 aliphatic rings. The summed E-state index contributed by atoms with van der Waals surface area (Å²) in [5, 5.41) is 0. The van der Waals surface area contributed by atoms with Crippen LogP contribution in [0, 0.1) is 23.2 Å². The summed E-state index contributed by atoms with van der Waals surface area (Å²) in [4.78, 5) is 0. The molecule has 0 aromatic carbocycles. The molecule has 3 fully saturated rings. The highest BCUT2D eigenvalue weighted by Gasteiger charge is 2.78. The lowest BCUT2D eigenvalue weighted by molar-refractivity contribution is -0.395. The first-order chi connectivity index (χ1) is 13.8. The van der Waals surface area contributed by atoms with Crippen LogP contribution in [-0.2, 0) is 14.2 Å². The Morgan fingerprint density at radius 1 is 0.733 bits per heavy atom. The van der Waals surface area contributed by atoms with Crippen LogP contribution < -0.4 is 0 Å². The quantitative estimate of drug-likeness (QED) is 0.527. The Morgan fingerprint density at radius 2 is 1.43 bits per heavy atom. The second-order valence-corrected chi connectivity index (χ2v) is 8.23. The fraction of sp³-hybridized carbons (Fsp3) is 1.00. The van der Waals surface area contributed by atoms with Crippen molar-refractivity contribution in [2.75, 3.05) is 33.0 Å². The molecular weight excluding hydrogens is 435 g/mol. The standard InChI is InChI=1S/C18H23F9O3/c19-16(20,21)12-9-28-8-4-11(12)15(13(17(22,23)24)3-1-7-30-15)14(18(25,26)27)5-2-6-29-10-14/h11-13H,1-10H2. The van der Waals surface area contributed by atoms with Gasteiger partial charge in [-0.25, -0.2) is 0 Å². The average molecular weight is 458 g/mol. The molecule has 0 bridgehead atoms. The summed E-state index contributed by atoms with van der Waals surface area (Å²) >= 11 is 0. The number of hydrogen-bond donors (Lipinski definition) is 0. The van der Waals surface area contributed by atoms with E-state index < -0.39 is 86.4 Å². The predicted molar refractivity (Wildman–Crippen MR) is 84.5 cm³/mol. The van der Waals surface area contributed by atoms with Crippen LogP contribution in [0.15, 0.2) is 0 Å². The van der Waals surface area contributed by atoms with Crippen LogP contribution in [0.1, 0.15) is 32.1 Å². The van der Waals surface area contributed by atoms with Crippen LogP contribution in [0.25, 0.3) is 0 Å². The van der Waals surface area contributed by atoms with Crippen LogP contribution in [0.5, 0.6) is 0 Å². The first-order valence-corrected chi connectivity index (χ1v) is 9.77. The first-order valence-electron chi connectivity index (χ1n) is 9.77. The SMILES string of the molecule is FC(F)(F)C1COCCC1C1(C2(C(F)(F)F)CCCOC2)OCCCC1C(F)(F)F. The van der Waals surface area contributed by atoms with Crippen LogP contribution in [0.4, 0.5) is 39.5 Å². The molecule has 0 amide bonds. The summed E-state index contributed by atoms with van der Waals surface area (Å²) in [5.41, 5.74) is -6.35. The summed E-state index contributed by atoms with van der Waals surface area (Å²) in [6.07, 6.45) is -18.0. The highest BCUT2D eigenvalue weighted by atomic mass is 19.4. The molecule has 0 aromatic rings. The van der Waals surface area contributed by atoms with Gasteiger partial charge < -0.3 is 14.2 Å². The summed E-state index contributed by atoms with van der Waals surface area (Å²) < 4.78 is 143. The van der Waals surface area contributed by atoms with Crippen molar-refractivity contribution in [2.45, 2.75) is 56.2 Å². The fourth-order valence-electron chi connectivity index (χ4n) is 5.56. The molecule has 3 saturated heterocycles. The van der Waals surface area contributed by atoms with E-state index in [0.717, 1.165) is 0 Å². The Kier molecular flexibility index (Phi) is 6.36. The van der Waals surface area contributed by atoms with Gasteiger partial charge in [-0.1, -0.05) is 0 Å². The minimum absolute atomic E-state index is 0.110. The van der Waals surface area contributed by atoms with Crippen molar-refractivity contribution in [3.8, 4) is 0 Å². The third-order valence-electron chi connectivity index (χ3n) is 6.75. The van der Waals surface area contributed by atoms with E-state index in [9.17, 15) is 39.5 Å². The van der Waals surface area contributed by atoms with Gasteiger partial charge in [0.1, 0.15) is 5.41 Å². The summed E-state index contributed by atoms with van der Waals surface area (Å²) in [5.74, 6) is -7.27. The molecule has 0 saturated carbocycles. The van der Waals surface area contributed by atoms with E-state index in [1.54, 1.807) is 0 Å². The Morgan fingerprint density at radius 3 is 1.97 bits per heavy atom. The smallest absolute Gasteiger partial charge is 0.381 e. The van der Waals surface area contributed by atoms with Gasteiger partial charge in [-0.2, -0.15) is 39.5 Å². The van der Waals surface area contributed by atoms with Gasteiger partial charge in [0.25, 0.3) is 0 Å². The molecule has 3 heterocycles. The molecule has 12 heteroatoms. The van der Waals surface area contributed by atoms with Crippen molar-refractivity contribution < 1.29 is 53.7 Å². The van der Waals surface area contributed by atoms with Gasteiger partial charge in [0.15, 0.2) is 0 Å². The summed E-state index contributed by atoms with van der Waals surface area (Å²) in [6.45, 7) is -3.13. The number of rotatable bonds is 2. The number of alkyl halides is 9. The lowest BCUT2D eigenvalue weighted by Crippen LogP contribution is -2.73. The highest BCUT2D eigenvalue weighted by Crippen LogP contribution is 2.65. The first kappa shape index (κ1) is 23.9. The summed E-state index contributed by atoms with van der Waals surface area (Å²) in [7, 11) is 0. The zero-order valence-corrected chi connectivity index (χ0v) is 15.9. The van der Waals surface area contributed by atoms with Gasteiger partial charge in [-0.15, -0.1) is 0 Å². The molecular formula is C18H23F9O3.